The third kappa shape index (κ3) is 3.29. The molecule has 0 saturated carbocycles. The predicted molar refractivity (Wildman–Crippen MR) is 85.4 cm³/mol. The Labute approximate surface area is 134 Å². The number of aromatic nitrogens is 5. The van der Waals surface area contributed by atoms with E-state index < -0.39 is 0 Å². The molecule has 3 aromatic rings. The molecule has 0 spiro atoms. The Kier molecular flexibility index (Phi) is 4.47. The average Bonchev–Trinajstić information content (AvgIpc) is 3.20. The Hall–Kier alpha value is -2.54. The fourth-order valence-electron chi connectivity index (χ4n) is 2.41. The van der Waals surface area contributed by atoms with Crippen molar-refractivity contribution >= 4 is 0 Å². The molecular weight excluding hydrogens is 292 g/mol. The molecule has 0 unspecified atom stereocenters. The average molecular weight is 312 g/mol. The van der Waals surface area contributed by atoms with E-state index in [2.05, 4.69) is 37.1 Å². The molecule has 2 aromatic heterocycles. The SMILES string of the molecule is CCn1c(C)nnc1CN[C@H](C)c1noc(-c2ccccc2)n1. The third-order valence-electron chi connectivity index (χ3n) is 3.74. The van der Waals surface area contributed by atoms with Crippen molar-refractivity contribution in [1.82, 2.24) is 30.2 Å². The van der Waals surface area contributed by atoms with Gasteiger partial charge in [0.05, 0.1) is 12.6 Å². The maximum Gasteiger partial charge on any atom is 0.257 e. The van der Waals surface area contributed by atoms with Crippen molar-refractivity contribution in [2.75, 3.05) is 0 Å². The van der Waals surface area contributed by atoms with Crippen molar-refractivity contribution < 1.29 is 4.52 Å². The molecule has 0 radical (unpaired) electrons. The van der Waals surface area contributed by atoms with E-state index in [1.807, 2.05) is 44.2 Å². The van der Waals surface area contributed by atoms with Gasteiger partial charge >= 0.3 is 0 Å². The number of hydrogen-bond acceptors (Lipinski definition) is 6. The van der Waals surface area contributed by atoms with E-state index in [1.165, 1.54) is 0 Å². The maximum atomic E-state index is 5.34. The van der Waals surface area contributed by atoms with Gasteiger partial charge in [-0.25, -0.2) is 0 Å². The van der Waals surface area contributed by atoms with E-state index in [1.54, 1.807) is 0 Å². The molecule has 2 heterocycles. The second-order valence-corrected chi connectivity index (χ2v) is 5.33. The summed E-state index contributed by atoms with van der Waals surface area (Å²) in [5.41, 5.74) is 0.916. The van der Waals surface area contributed by atoms with Gasteiger partial charge in [-0.2, -0.15) is 4.98 Å². The zero-order chi connectivity index (χ0) is 16.2. The molecule has 7 nitrogen and oxygen atoms in total. The van der Waals surface area contributed by atoms with Gasteiger partial charge in [0.25, 0.3) is 5.89 Å². The second-order valence-electron chi connectivity index (χ2n) is 5.33. The Morgan fingerprint density at radius 3 is 2.74 bits per heavy atom. The first-order chi connectivity index (χ1) is 11.2. The minimum atomic E-state index is -0.0430. The fraction of sp³-hybridized carbons (Fsp3) is 0.375. The third-order valence-corrected chi connectivity index (χ3v) is 3.74. The summed E-state index contributed by atoms with van der Waals surface area (Å²) in [6, 6.07) is 9.70. The molecule has 1 atom stereocenters. The van der Waals surface area contributed by atoms with Crippen LogP contribution in [0.25, 0.3) is 11.5 Å². The second kappa shape index (κ2) is 6.70. The molecule has 0 saturated heterocycles. The van der Waals surface area contributed by atoms with E-state index in [0.29, 0.717) is 18.3 Å². The summed E-state index contributed by atoms with van der Waals surface area (Å²) >= 11 is 0. The van der Waals surface area contributed by atoms with Crippen LogP contribution in [-0.4, -0.2) is 24.9 Å². The molecule has 1 aromatic carbocycles. The molecule has 23 heavy (non-hydrogen) atoms. The zero-order valence-corrected chi connectivity index (χ0v) is 13.5. The fourth-order valence-corrected chi connectivity index (χ4v) is 2.41. The molecule has 0 bridgehead atoms. The summed E-state index contributed by atoms with van der Waals surface area (Å²) < 4.78 is 7.41. The number of benzene rings is 1. The highest BCUT2D eigenvalue weighted by Crippen LogP contribution is 2.18. The first-order valence-electron chi connectivity index (χ1n) is 7.70. The minimum absolute atomic E-state index is 0.0430. The first-order valence-corrected chi connectivity index (χ1v) is 7.70. The van der Waals surface area contributed by atoms with Crippen molar-refractivity contribution in [2.24, 2.45) is 0 Å². The molecule has 0 fully saturated rings. The summed E-state index contributed by atoms with van der Waals surface area (Å²) in [4.78, 5) is 4.46. The standard InChI is InChI=1S/C16H20N6O/c1-4-22-12(3)19-20-14(22)10-17-11(2)15-18-16(23-21-15)13-8-6-5-7-9-13/h5-9,11,17H,4,10H2,1-3H3/t11-/m1/s1. The highest BCUT2D eigenvalue weighted by Gasteiger charge is 2.16. The Balaban J connectivity index is 1.67. The van der Waals surface area contributed by atoms with Crippen molar-refractivity contribution in [2.45, 2.75) is 39.9 Å². The summed E-state index contributed by atoms with van der Waals surface area (Å²) in [6.07, 6.45) is 0. The number of aryl methyl sites for hydroxylation is 1. The maximum absolute atomic E-state index is 5.34. The molecule has 0 aliphatic carbocycles. The van der Waals surface area contributed by atoms with Gasteiger partial charge in [0.1, 0.15) is 11.6 Å². The van der Waals surface area contributed by atoms with Crippen LogP contribution in [0.3, 0.4) is 0 Å². The summed E-state index contributed by atoms with van der Waals surface area (Å²) in [7, 11) is 0. The monoisotopic (exact) mass is 312 g/mol. The highest BCUT2D eigenvalue weighted by molar-refractivity contribution is 5.52. The van der Waals surface area contributed by atoms with Gasteiger partial charge in [0, 0.05) is 12.1 Å². The molecule has 0 aliphatic heterocycles. The quantitative estimate of drug-likeness (QED) is 0.753. The lowest BCUT2D eigenvalue weighted by atomic mass is 10.2. The topological polar surface area (TPSA) is 81.7 Å². The van der Waals surface area contributed by atoms with Crippen LogP contribution in [0.1, 0.15) is 37.4 Å². The van der Waals surface area contributed by atoms with Gasteiger partial charge in [0.2, 0.25) is 0 Å². The lowest BCUT2D eigenvalue weighted by molar-refractivity contribution is 0.407. The Morgan fingerprint density at radius 2 is 2.00 bits per heavy atom. The smallest absolute Gasteiger partial charge is 0.257 e. The van der Waals surface area contributed by atoms with Gasteiger partial charge in [-0.15, -0.1) is 10.2 Å². The number of hydrogen-bond donors (Lipinski definition) is 1. The van der Waals surface area contributed by atoms with Crippen molar-refractivity contribution in [1.29, 1.82) is 0 Å². The van der Waals surface area contributed by atoms with E-state index >= 15 is 0 Å². The Bertz CT molecular complexity index is 764. The van der Waals surface area contributed by atoms with E-state index in [-0.39, 0.29) is 6.04 Å². The van der Waals surface area contributed by atoms with Crippen molar-refractivity contribution in [3.8, 4) is 11.5 Å². The van der Waals surface area contributed by atoms with Gasteiger partial charge in [0.15, 0.2) is 5.82 Å². The van der Waals surface area contributed by atoms with Gasteiger partial charge < -0.3 is 14.4 Å². The van der Waals surface area contributed by atoms with Crippen molar-refractivity contribution in [3.63, 3.8) is 0 Å². The van der Waals surface area contributed by atoms with Crippen LogP contribution in [0.5, 0.6) is 0 Å². The molecule has 0 amide bonds. The van der Waals surface area contributed by atoms with E-state index in [0.717, 1.165) is 23.8 Å². The van der Waals surface area contributed by atoms with Gasteiger partial charge in [-0.3, -0.25) is 0 Å². The highest BCUT2D eigenvalue weighted by atomic mass is 16.5. The van der Waals surface area contributed by atoms with Gasteiger partial charge in [-0.1, -0.05) is 23.4 Å². The molecule has 0 aliphatic rings. The van der Waals surface area contributed by atoms with Crippen LogP contribution >= 0.6 is 0 Å². The van der Waals surface area contributed by atoms with Crippen LogP contribution in [0.4, 0.5) is 0 Å². The first kappa shape index (κ1) is 15.4. The lowest BCUT2D eigenvalue weighted by Crippen LogP contribution is -2.21. The van der Waals surface area contributed by atoms with Crippen molar-refractivity contribution in [3.05, 3.63) is 47.8 Å². The molecule has 1 N–H and O–H groups in total. The van der Waals surface area contributed by atoms with Gasteiger partial charge in [-0.05, 0) is 32.9 Å². The van der Waals surface area contributed by atoms with Crippen LogP contribution < -0.4 is 5.32 Å². The molecule has 7 heteroatoms. The molecule has 120 valence electrons. The zero-order valence-electron chi connectivity index (χ0n) is 13.5. The van der Waals surface area contributed by atoms with E-state index in [4.69, 9.17) is 4.52 Å². The van der Waals surface area contributed by atoms with Crippen LogP contribution in [0.2, 0.25) is 0 Å². The number of rotatable bonds is 6. The molecule has 3 rings (SSSR count). The summed E-state index contributed by atoms with van der Waals surface area (Å²) in [5, 5.41) is 15.7. The van der Waals surface area contributed by atoms with Crippen LogP contribution in [0.15, 0.2) is 34.9 Å². The predicted octanol–water partition coefficient (Wildman–Crippen LogP) is 2.51. The summed E-state index contributed by atoms with van der Waals surface area (Å²) in [6.45, 7) is 7.48. The molecular formula is C16H20N6O. The lowest BCUT2D eigenvalue weighted by Gasteiger charge is -2.10. The van der Waals surface area contributed by atoms with E-state index in [9.17, 15) is 0 Å². The minimum Gasteiger partial charge on any atom is -0.334 e. The normalized spacial score (nSPS) is 12.5. The van der Waals surface area contributed by atoms with Crippen LogP contribution in [0, 0.1) is 6.92 Å². The largest absolute Gasteiger partial charge is 0.334 e. The van der Waals surface area contributed by atoms with Crippen LogP contribution in [-0.2, 0) is 13.1 Å². The number of nitrogens with one attached hydrogen (secondary N) is 1. The Morgan fingerprint density at radius 1 is 1.22 bits per heavy atom. The number of nitrogens with zero attached hydrogens (tertiary/aromatic N) is 5. The summed E-state index contributed by atoms with van der Waals surface area (Å²) in [5.74, 6) is 2.98.